The van der Waals surface area contributed by atoms with Gasteiger partial charge in [0.05, 0.1) is 14.2 Å². The van der Waals surface area contributed by atoms with E-state index in [1.54, 1.807) is 11.9 Å². The summed E-state index contributed by atoms with van der Waals surface area (Å²) in [5, 5.41) is 0. The highest BCUT2D eigenvalue weighted by Gasteiger charge is 2.13. The number of likely N-dealkylation sites (N-methyl/N-ethyl adjacent to an activating group) is 1. The zero-order chi connectivity index (χ0) is 12.7. The molecular formula is C11H17NO4. The van der Waals surface area contributed by atoms with Crippen LogP contribution in [0.1, 0.15) is 0 Å². The molecule has 0 aliphatic heterocycles. The first-order valence-electron chi connectivity index (χ1n) is 4.63. The maximum Gasteiger partial charge on any atom is 0.334 e. The molecule has 0 aromatic heterocycles. The van der Waals surface area contributed by atoms with Crippen LogP contribution < -0.4 is 0 Å². The second-order valence-corrected chi connectivity index (χ2v) is 3.36. The normalized spacial score (nSPS) is 9.75. The zero-order valence-electron chi connectivity index (χ0n) is 9.91. The number of nitrogens with zero attached hydrogens (tertiary/aromatic N) is 1. The van der Waals surface area contributed by atoms with Crippen LogP contribution in [-0.4, -0.2) is 51.2 Å². The fourth-order valence-electron chi connectivity index (χ4n) is 1.13. The van der Waals surface area contributed by atoms with Crippen molar-refractivity contribution in [2.24, 2.45) is 0 Å². The van der Waals surface area contributed by atoms with Gasteiger partial charge in [-0.15, -0.1) is 0 Å². The predicted octanol–water partition coefficient (Wildman–Crippen LogP) is 0.377. The van der Waals surface area contributed by atoms with E-state index < -0.39 is 11.9 Å². The van der Waals surface area contributed by atoms with E-state index in [2.05, 4.69) is 22.6 Å². The molecule has 0 aliphatic rings. The van der Waals surface area contributed by atoms with Crippen molar-refractivity contribution in [3.05, 3.63) is 24.3 Å². The van der Waals surface area contributed by atoms with Crippen molar-refractivity contribution in [3.63, 3.8) is 0 Å². The largest absolute Gasteiger partial charge is 0.466 e. The van der Waals surface area contributed by atoms with Gasteiger partial charge in [-0.3, -0.25) is 4.90 Å². The van der Waals surface area contributed by atoms with Gasteiger partial charge < -0.3 is 9.47 Å². The second-order valence-electron chi connectivity index (χ2n) is 3.36. The first kappa shape index (κ1) is 14.4. The standard InChI is InChI=1S/C11H17NO4/c1-8(10(13)15-4)6-12(3)7-9(2)11(14)16-5/h1-2,6-7H2,3-5H3. The van der Waals surface area contributed by atoms with E-state index in [4.69, 9.17) is 0 Å². The first-order chi connectivity index (χ1) is 7.42. The van der Waals surface area contributed by atoms with Crippen LogP contribution in [0.25, 0.3) is 0 Å². The minimum Gasteiger partial charge on any atom is -0.466 e. The van der Waals surface area contributed by atoms with Crippen molar-refractivity contribution < 1.29 is 19.1 Å². The van der Waals surface area contributed by atoms with Crippen LogP contribution in [0.2, 0.25) is 0 Å². The molecule has 0 radical (unpaired) electrons. The smallest absolute Gasteiger partial charge is 0.334 e. The van der Waals surface area contributed by atoms with Crippen LogP contribution in [0.5, 0.6) is 0 Å². The van der Waals surface area contributed by atoms with Gasteiger partial charge in [0.15, 0.2) is 0 Å². The molecule has 16 heavy (non-hydrogen) atoms. The van der Waals surface area contributed by atoms with Gasteiger partial charge in [-0.1, -0.05) is 13.2 Å². The van der Waals surface area contributed by atoms with Gasteiger partial charge in [-0.25, -0.2) is 9.59 Å². The maximum atomic E-state index is 11.1. The van der Waals surface area contributed by atoms with Crippen LogP contribution in [0.3, 0.4) is 0 Å². The zero-order valence-corrected chi connectivity index (χ0v) is 9.91. The van der Waals surface area contributed by atoms with Crippen LogP contribution >= 0.6 is 0 Å². The number of carbonyl (C=O) groups excluding carboxylic acids is 2. The van der Waals surface area contributed by atoms with Gasteiger partial charge in [0.1, 0.15) is 0 Å². The summed E-state index contributed by atoms with van der Waals surface area (Å²) in [7, 11) is 4.32. The highest BCUT2D eigenvalue weighted by molar-refractivity contribution is 5.89. The molecule has 0 spiro atoms. The molecule has 90 valence electrons. The topological polar surface area (TPSA) is 55.8 Å². The van der Waals surface area contributed by atoms with Crippen LogP contribution in [0.15, 0.2) is 24.3 Å². The number of methoxy groups -OCH3 is 2. The molecule has 0 amide bonds. The van der Waals surface area contributed by atoms with Crippen molar-refractivity contribution in [1.82, 2.24) is 4.90 Å². The van der Waals surface area contributed by atoms with Gasteiger partial charge in [-0.2, -0.15) is 0 Å². The van der Waals surface area contributed by atoms with Gasteiger partial charge >= 0.3 is 11.9 Å². The predicted molar refractivity (Wildman–Crippen MR) is 59.8 cm³/mol. The Morgan fingerprint density at radius 3 is 1.56 bits per heavy atom. The molecule has 0 heterocycles. The Morgan fingerprint density at radius 1 is 1.00 bits per heavy atom. The number of esters is 2. The Balaban J connectivity index is 4.14. The Bertz CT molecular complexity index is 279. The van der Waals surface area contributed by atoms with Crippen molar-refractivity contribution in [3.8, 4) is 0 Å². The highest BCUT2D eigenvalue weighted by Crippen LogP contribution is 2.01. The summed E-state index contributed by atoms with van der Waals surface area (Å²) in [5.41, 5.74) is 0.644. The SMILES string of the molecule is C=C(CN(C)CC(=C)C(=O)OC)C(=O)OC. The molecule has 0 unspecified atom stereocenters. The third-order valence-electron chi connectivity index (χ3n) is 1.87. The Kier molecular flexibility index (Phi) is 6.10. The van der Waals surface area contributed by atoms with Gasteiger partial charge in [0, 0.05) is 24.2 Å². The molecule has 0 saturated heterocycles. The van der Waals surface area contributed by atoms with E-state index in [0.717, 1.165) is 0 Å². The van der Waals surface area contributed by atoms with Crippen molar-refractivity contribution in [2.45, 2.75) is 0 Å². The third kappa shape index (κ3) is 4.75. The average Bonchev–Trinajstić information content (AvgIpc) is 2.26. The van der Waals surface area contributed by atoms with E-state index in [1.165, 1.54) is 14.2 Å². The monoisotopic (exact) mass is 227 g/mol. The van der Waals surface area contributed by atoms with Crippen LogP contribution in [-0.2, 0) is 19.1 Å². The summed E-state index contributed by atoms with van der Waals surface area (Å²) >= 11 is 0. The molecule has 0 aliphatic carbocycles. The minimum absolute atomic E-state index is 0.308. The molecular weight excluding hydrogens is 210 g/mol. The molecule has 0 aromatic carbocycles. The summed E-state index contributed by atoms with van der Waals surface area (Å²) in [6.45, 7) is 7.77. The summed E-state index contributed by atoms with van der Waals surface area (Å²) in [4.78, 5) is 23.8. The molecule has 0 saturated carbocycles. The molecule has 0 atom stereocenters. The lowest BCUT2D eigenvalue weighted by atomic mass is 10.2. The fraction of sp³-hybridized carbons (Fsp3) is 0.455. The lowest BCUT2D eigenvalue weighted by molar-refractivity contribution is -0.136. The number of ether oxygens (including phenoxy) is 2. The third-order valence-corrected chi connectivity index (χ3v) is 1.87. The van der Waals surface area contributed by atoms with Crippen molar-refractivity contribution >= 4 is 11.9 Å². The maximum absolute atomic E-state index is 11.1. The molecule has 5 nitrogen and oxygen atoms in total. The molecule has 5 heteroatoms. The summed E-state index contributed by atoms with van der Waals surface area (Å²) in [5.74, 6) is -0.925. The van der Waals surface area contributed by atoms with E-state index >= 15 is 0 Å². The molecule has 0 N–H and O–H groups in total. The summed E-state index contributed by atoms with van der Waals surface area (Å²) in [6, 6.07) is 0. The van der Waals surface area contributed by atoms with Gasteiger partial charge in [0.2, 0.25) is 0 Å². The lowest BCUT2D eigenvalue weighted by Crippen LogP contribution is -2.28. The number of carbonyl (C=O) groups is 2. The van der Waals surface area contributed by atoms with E-state index in [-0.39, 0.29) is 0 Å². The number of rotatable bonds is 6. The fourth-order valence-corrected chi connectivity index (χ4v) is 1.13. The van der Waals surface area contributed by atoms with Crippen LogP contribution in [0, 0.1) is 0 Å². The highest BCUT2D eigenvalue weighted by atomic mass is 16.5. The van der Waals surface area contributed by atoms with Gasteiger partial charge in [0.25, 0.3) is 0 Å². The van der Waals surface area contributed by atoms with E-state index in [9.17, 15) is 9.59 Å². The molecule has 0 bridgehead atoms. The summed E-state index contributed by atoms with van der Waals surface area (Å²) < 4.78 is 9.01. The van der Waals surface area contributed by atoms with Crippen molar-refractivity contribution in [1.29, 1.82) is 0 Å². The van der Waals surface area contributed by atoms with E-state index in [0.29, 0.717) is 24.2 Å². The second kappa shape index (κ2) is 6.79. The number of hydrogen-bond acceptors (Lipinski definition) is 5. The first-order valence-corrected chi connectivity index (χ1v) is 4.63. The van der Waals surface area contributed by atoms with E-state index in [1.807, 2.05) is 0 Å². The summed E-state index contributed by atoms with van der Waals surface area (Å²) in [6.07, 6.45) is 0. The molecule has 0 fully saturated rings. The minimum atomic E-state index is -0.462. The van der Waals surface area contributed by atoms with Gasteiger partial charge in [-0.05, 0) is 7.05 Å². The number of hydrogen-bond donors (Lipinski definition) is 0. The average molecular weight is 227 g/mol. The molecule has 0 aromatic rings. The lowest BCUT2D eigenvalue weighted by Gasteiger charge is -2.17. The Hall–Kier alpha value is -1.62. The quantitative estimate of drug-likeness (QED) is 0.485. The van der Waals surface area contributed by atoms with Crippen molar-refractivity contribution in [2.75, 3.05) is 34.4 Å². The Morgan fingerprint density at radius 2 is 1.31 bits per heavy atom. The Labute approximate surface area is 95.3 Å². The van der Waals surface area contributed by atoms with Crippen LogP contribution in [0.4, 0.5) is 0 Å². The molecule has 0 rings (SSSR count).